The Morgan fingerprint density at radius 2 is 1.45 bits per heavy atom. The normalized spacial score (nSPS) is 17.9. The van der Waals surface area contributed by atoms with Gasteiger partial charge in [-0.25, -0.2) is 4.79 Å². The molecular weight excluding hydrogens is 396 g/mol. The van der Waals surface area contributed by atoms with Crippen LogP contribution in [0.5, 0.6) is 11.5 Å². The molecule has 2 aromatic carbocycles. The fourth-order valence-electron chi connectivity index (χ4n) is 3.46. The fourth-order valence-corrected chi connectivity index (χ4v) is 3.46. The molecule has 0 saturated carbocycles. The van der Waals surface area contributed by atoms with Gasteiger partial charge in [-0.15, -0.1) is 0 Å². The Balaban J connectivity index is 1.92. The lowest BCUT2D eigenvalue weighted by atomic mass is 10.0. The Kier molecular flexibility index (Phi) is 6.84. The highest BCUT2D eigenvalue weighted by atomic mass is 16.5. The van der Waals surface area contributed by atoms with Gasteiger partial charge in [0.1, 0.15) is 17.2 Å². The Hall–Kier alpha value is -3.48. The zero-order valence-electron chi connectivity index (χ0n) is 18.3. The second-order valence-electron chi connectivity index (χ2n) is 7.08. The third-order valence-electron chi connectivity index (χ3n) is 4.86. The first-order valence-corrected chi connectivity index (χ1v) is 10.4. The fraction of sp³-hybridized carbons (Fsp3) is 0.333. The van der Waals surface area contributed by atoms with Crippen molar-refractivity contribution in [3.8, 4) is 11.5 Å². The van der Waals surface area contributed by atoms with Crippen LogP contribution in [-0.2, 0) is 14.3 Å². The van der Waals surface area contributed by atoms with Crippen molar-refractivity contribution in [2.75, 3.05) is 30.0 Å². The number of rotatable bonds is 9. The maximum Gasteiger partial charge on any atom is 0.336 e. The van der Waals surface area contributed by atoms with Crippen molar-refractivity contribution in [3.05, 3.63) is 60.3 Å². The molecule has 1 aliphatic rings. The van der Waals surface area contributed by atoms with Gasteiger partial charge in [-0.3, -0.25) is 9.69 Å². The zero-order chi connectivity index (χ0) is 22.4. The minimum absolute atomic E-state index is 0.217. The summed E-state index contributed by atoms with van der Waals surface area (Å²) in [5.41, 5.74) is 0.300. The molecule has 164 valence electrons. The molecule has 3 rings (SSSR count). The molecular formula is C24H28N2O5. The second kappa shape index (κ2) is 9.55. The predicted octanol–water partition coefficient (Wildman–Crippen LogP) is 4.15. The Morgan fingerprint density at radius 3 is 1.97 bits per heavy atom. The van der Waals surface area contributed by atoms with E-state index in [0.29, 0.717) is 36.0 Å². The second-order valence-corrected chi connectivity index (χ2v) is 7.08. The van der Waals surface area contributed by atoms with Crippen LogP contribution in [0.15, 0.2) is 60.3 Å². The van der Waals surface area contributed by atoms with Crippen LogP contribution in [0.4, 0.5) is 11.4 Å². The van der Waals surface area contributed by atoms with E-state index in [9.17, 15) is 9.59 Å². The molecule has 1 atom stereocenters. The molecule has 1 unspecified atom stereocenters. The van der Waals surface area contributed by atoms with E-state index in [0.717, 1.165) is 5.75 Å². The van der Waals surface area contributed by atoms with Crippen molar-refractivity contribution in [1.29, 1.82) is 0 Å². The van der Waals surface area contributed by atoms with E-state index in [1.807, 2.05) is 38.1 Å². The maximum atomic E-state index is 13.3. The van der Waals surface area contributed by atoms with Crippen molar-refractivity contribution >= 4 is 23.3 Å². The molecule has 1 amide bonds. The van der Waals surface area contributed by atoms with E-state index < -0.39 is 11.5 Å². The molecule has 0 aliphatic carbocycles. The number of esters is 1. The van der Waals surface area contributed by atoms with Crippen LogP contribution in [0.3, 0.4) is 0 Å². The van der Waals surface area contributed by atoms with Gasteiger partial charge < -0.3 is 19.5 Å². The molecule has 7 heteroatoms. The van der Waals surface area contributed by atoms with Gasteiger partial charge in [-0.2, -0.15) is 0 Å². The van der Waals surface area contributed by atoms with Crippen molar-refractivity contribution in [1.82, 2.24) is 0 Å². The summed E-state index contributed by atoms with van der Waals surface area (Å²) < 4.78 is 16.2. The number of nitrogens with zero attached hydrogens (tertiary/aromatic N) is 1. The topological polar surface area (TPSA) is 77.1 Å². The number of benzene rings is 2. The summed E-state index contributed by atoms with van der Waals surface area (Å²) in [7, 11) is 0. The SMILES string of the molecule is CCOC(=O)C1(C)C=C(Nc2ccc(OCC)cc2)C(=O)N1c1ccc(OCC)cc1. The van der Waals surface area contributed by atoms with Crippen LogP contribution in [0.1, 0.15) is 27.7 Å². The third-order valence-corrected chi connectivity index (χ3v) is 4.86. The summed E-state index contributed by atoms with van der Waals surface area (Å²) in [5.74, 6) is 0.609. The average molecular weight is 424 g/mol. The molecule has 1 heterocycles. The Bertz CT molecular complexity index is 953. The minimum Gasteiger partial charge on any atom is -0.494 e. The highest BCUT2D eigenvalue weighted by Crippen LogP contribution is 2.36. The lowest BCUT2D eigenvalue weighted by Gasteiger charge is -2.32. The van der Waals surface area contributed by atoms with Crippen molar-refractivity contribution in [2.24, 2.45) is 0 Å². The van der Waals surface area contributed by atoms with Crippen LogP contribution >= 0.6 is 0 Å². The zero-order valence-corrected chi connectivity index (χ0v) is 18.3. The summed E-state index contributed by atoms with van der Waals surface area (Å²) in [6, 6.07) is 14.3. The summed E-state index contributed by atoms with van der Waals surface area (Å²) in [6.45, 7) is 8.56. The van der Waals surface area contributed by atoms with E-state index in [4.69, 9.17) is 14.2 Å². The highest BCUT2D eigenvalue weighted by molar-refractivity contribution is 6.16. The van der Waals surface area contributed by atoms with Gasteiger partial charge in [-0.05, 0) is 82.3 Å². The van der Waals surface area contributed by atoms with Gasteiger partial charge in [0, 0.05) is 11.4 Å². The number of carbonyl (C=O) groups is 2. The Morgan fingerprint density at radius 1 is 0.903 bits per heavy atom. The first-order valence-electron chi connectivity index (χ1n) is 10.4. The molecule has 31 heavy (non-hydrogen) atoms. The van der Waals surface area contributed by atoms with E-state index in [1.165, 1.54) is 4.90 Å². The van der Waals surface area contributed by atoms with E-state index in [-0.39, 0.29) is 12.5 Å². The standard InChI is InChI=1S/C24H28N2O5/c1-5-29-19-12-8-17(9-13-19)25-21-16-24(4,23(28)31-7-3)26(22(21)27)18-10-14-20(15-11-18)30-6-2/h8-16,25H,5-7H2,1-4H3. The highest BCUT2D eigenvalue weighted by Gasteiger charge is 2.49. The minimum atomic E-state index is -1.28. The monoisotopic (exact) mass is 424 g/mol. The van der Waals surface area contributed by atoms with Crippen LogP contribution in [0, 0.1) is 0 Å². The van der Waals surface area contributed by atoms with Gasteiger partial charge >= 0.3 is 5.97 Å². The average Bonchev–Trinajstić information content (AvgIpc) is 3.01. The lowest BCUT2D eigenvalue weighted by molar-refractivity contribution is -0.147. The van der Waals surface area contributed by atoms with Crippen LogP contribution in [-0.4, -0.2) is 37.2 Å². The predicted molar refractivity (Wildman–Crippen MR) is 119 cm³/mol. The van der Waals surface area contributed by atoms with Gasteiger partial charge in [0.2, 0.25) is 0 Å². The lowest BCUT2D eigenvalue weighted by Crippen LogP contribution is -2.51. The van der Waals surface area contributed by atoms with Gasteiger partial charge in [0.15, 0.2) is 5.54 Å². The van der Waals surface area contributed by atoms with Crippen molar-refractivity contribution in [3.63, 3.8) is 0 Å². The summed E-state index contributed by atoms with van der Waals surface area (Å²) in [6.07, 6.45) is 1.61. The molecule has 2 aromatic rings. The molecule has 0 fully saturated rings. The Labute approximate surface area is 182 Å². The number of anilines is 2. The third kappa shape index (κ3) is 4.66. The molecule has 1 N–H and O–H groups in total. The van der Waals surface area contributed by atoms with Crippen molar-refractivity contribution in [2.45, 2.75) is 33.2 Å². The summed E-state index contributed by atoms with van der Waals surface area (Å²) >= 11 is 0. The van der Waals surface area contributed by atoms with E-state index in [1.54, 1.807) is 44.2 Å². The quantitative estimate of drug-likeness (QED) is 0.610. The van der Waals surface area contributed by atoms with Crippen LogP contribution in [0.2, 0.25) is 0 Å². The summed E-state index contributed by atoms with van der Waals surface area (Å²) in [4.78, 5) is 27.6. The molecule has 0 bridgehead atoms. The van der Waals surface area contributed by atoms with E-state index in [2.05, 4.69) is 5.32 Å². The van der Waals surface area contributed by atoms with Gasteiger partial charge in [0.05, 0.1) is 19.8 Å². The number of carbonyl (C=O) groups excluding carboxylic acids is 2. The van der Waals surface area contributed by atoms with Gasteiger partial charge in [0.25, 0.3) is 5.91 Å². The number of nitrogens with one attached hydrogen (secondary N) is 1. The number of ether oxygens (including phenoxy) is 3. The smallest absolute Gasteiger partial charge is 0.336 e. The molecule has 0 aromatic heterocycles. The molecule has 7 nitrogen and oxygen atoms in total. The molecule has 0 saturated heterocycles. The summed E-state index contributed by atoms with van der Waals surface area (Å²) in [5, 5.41) is 3.13. The van der Waals surface area contributed by atoms with Crippen LogP contribution in [0.25, 0.3) is 0 Å². The first-order chi connectivity index (χ1) is 14.9. The number of hydrogen-bond donors (Lipinski definition) is 1. The maximum absolute atomic E-state index is 13.3. The number of hydrogen-bond acceptors (Lipinski definition) is 6. The molecule has 0 spiro atoms. The van der Waals surface area contributed by atoms with Crippen molar-refractivity contribution < 1.29 is 23.8 Å². The number of amides is 1. The molecule has 0 radical (unpaired) electrons. The van der Waals surface area contributed by atoms with E-state index >= 15 is 0 Å². The first kappa shape index (κ1) is 22.2. The largest absolute Gasteiger partial charge is 0.494 e. The van der Waals surface area contributed by atoms with Gasteiger partial charge in [-0.1, -0.05) is 0 Å². The molecule has 1 aliphatic heterocycles. The van der Waals surface area contributed by atoms with Crippen LogP contribution < -0.4 is 19.7 Å².